The van der Waals surface area contributed by atoms with E-state index in [1.807, 2.05) is 6.92 Å². The highest BCUT2D eigenvalue weighted by molar-refractivity contribution is 7.16. The predicted molar refractivity (Wildman–Crippen MR) is 132 cm³/mol. The van der Waals surface area contributed by atoms with Crippen molar-refractivity contribution in [3.63, 3.8) is 0 Å². The van der Waals surface area contributed by atoms with Crippen LogP contribution in [0.1, 0.15) is 39.5 Å². The molecule has 9 nitrogen and oxygen atoms in total. The molecule has 0 aromatic carbocycles. The smallest absolute Gasteiger partial charge is 0.345 e. The fourth-order valence-corrected chi connectivity index (χ4v) is 5.59. The Labute approximate surface area is 219 Å². The van der Waals surface area contributed by atoms with Crippen molar-refractivity contribution in [3.8, 4) is 16.9 Å². The molecule has 5 rings (SSSR count). The van der Waals surface area contributed by atoms with Gasteiger partial charge in [-0.1, -0.05) is 22.9 Å². The Morgan fingerprint density at radius 2 is 1.97 bits per heavy atom. The van der Waals surface area contributed by atoms with Crippen LogP contribution in [0.15, 0.2) is 24.5 Å². The van der Waals surface area contributed by atoms with Crippen LogP contribution in [-0.4, -0.2) is 51.5 Å². The van der Waals surface area contributed by atoms with Crippen LogP contribution in [0.2, 0.25) is 5.15 Å². The maximum Gasteiger partial charge on any atom is 0.345 e. The number of halogens is 3. The molecule has 1 N–H and O–H groups in total. The maximum absolute atomic E-state index is 13.2. The first kappa shape index (κ1) is 25.4. The standard InChI is InChI=1S/C24H22ClF2N5O4S/c1-11-3-14(15-6-20(25)29-8-18(15)35-2)16(7-28-11)21(33)31-24-30-17-9-32(10-19(17)37-24)22(34)12-4-13(5-12)36-23(26)27/h3,6-8,12-13,23H,4-5,9-10H2,1-2H3,(H,30,31,33)/t12-,13-. The quantitative estimate of drug-likeness (QED) is 0.426. The van der Waals surface area contributed by atoms with Crippen molar-refractivity contribution in [2.24, 2.45) is 5.92 Å². The van der Waals surface area contributed by atoms with Gasteiger partial charge in [-0.15, -0.1) is 0 Å². The summed E-state index contributed by atoms with van der Waals surface area (Å²) in [5.41, 5.74) is 2.91. The van der Waals surface area contributed by atoms with Crippen LogP contribution in [0, 0.1) is 12.8 Å². The normalized spacial score (nSPS) is 18.5. The Morgan fingerprint density at radius 3 is 2.68 bits per heavy atom. The van der Waals surface area contributed by atoms with Crippen molar-refractivity contribution in [2.45, 2.75) is 45.6 Å². The second kappa shape index (κ2) is 10.3. The molecule has 1 aliphatic carbocycles. The van der Waals surface area contributed by atoms with E-state index in [1.165, 1.54) is 30.8 Å². The number of anilines is 1. The molecule has 3 aromatic heterocycles. The topological polar surface area (TPSA) is 107 Å². The summed E-state index contributed by atoms with van der Waals surface area (Å²) < 4.78 is 34.5. The van der Waals surface area contributed by atoms with E-state index in [0.717, 1.165) is 4.88 Å². The number of methoxy groups -OCH3 is 1. The molecule has 0 saturated heterocycles. The van der Waals surface area contributed by atoms with Gasteiger partial charge in [-0.2, -0.15) is 8.78 Å². The number of pyridine rings is 2. The number of alkyl halides is 2. The zero-order chi connectivity index (χ0) is 26.3. The molecule has 37 heavy (non-hydrogen) atoms. The number of carbonyl (C=O) groups is 2. The largest absolute Gasteiger partial charge is 0.494 e. The highest BCUT2D eigenvalue weighted by Gasteiger charge is 2.40. The molecular weight excluding hydrogens is 528 g/mol. The van der Waals surface area contributed by atoms with E-state index in [0.29, 0.717) is 64.9 Å². The van der Waals surface area contributed by atoms with Crippen LogP contribution in [0.4, 0.5) is 13.9 Å². The molecule has 2 amide bonds. The Hall–Kier alpha value is -3.22. The highest BCUT2D eigenvalue weighted by atomic mass is 35.5. The third kappa shape index (κ3) is 5.27. The number of fused-ring (bicyclic) bond motifs is 1. The minimum atomic E-state index is -2.83. The first-order valence-electron chi connectivity index (χ1n) is 11.4. The molecule has 1 aliphatic heterocycles. The van der Waals surface area contributed by atoms with Crippen LogP contribution in [0.5, 0.6) is 5.75 Å². The van der Waals surface area contributed by atoms with E-state index < -0.39 is 18.6 Å². The highest BCUT2D eigenvalue weighted by Crippen LogP contribution is 2.38. The van der Waals surface area contributed by atoms with E-state index in [1.54, 1.807) is 17.0 Å². The monoisotopic (exact) mass is 549 g/mol. The Kier molecular flexibility index (Phi) is 7.06. The van der Waals surface area contributed by atoms with Gasteiger partial charge in [-0.3, -0.25) is 19.9 Å². The first-order valence-corrected chi connectivity index (χ1v) is 12.6. The molecule has 13 heteroatoms. The molecule has 194 valence electrons. The fraction of sp³-hybridized carbons (Fsp3) is 0.375. The van der Waals surface area contributed by atoms with Gasteiger partial charge in [0.2, 0.25) is 5.91 Å². The van der Waals surface area contributed by atoms with Crippen molar-refractivity contribution >= 4 is 39.9 Å². The van der Waals surface area contributed by atoms with Gasteiger partial charge >= 0.3 is 6.61 Å². The van der Waals surface area contributed by atoms with Gasteiger partial charge < -0.3 is 14.4 Å². The molecule has 2 aliphatic rings. The molecule has 0 spiro atoms. The van der Waals surface area contributed by atoms with Gasteiger partial charge in [0.1, 0.15) is 10.9 Å². The zero-order valence-corrected chi connectivity index (χ0v) is 21.4. The molecule has 0 unspecified atom stereocenters. The third-order valence-corrected chi connectivity index (χ3v) is 7.56. The van der Waals surface area contributed by atoms with Crippen molar-refractivity contribution in [1.82, 2.24) is 19.9 Å². The van der Waals surface area contributed by atoms with Crippen LogP contribution in [0.3, 0.4) is 0 Å². The number of ether oxygens (including phenoxy) is 2. The van der Waals surface area contributed by atoms with Crippen LogP contribution >= 0.6 is 22.9 Å². The number of hydrogen-bond acceptors (Lipinski definition) is 8. The number of hydrogen-bond donors (Lipinski definition) is 1. The van der Waals surface area contributed by atoms with E-state index in [4.69, 9.17) is 16.3 Å². The maximum atomic E-state index is 13.2. The van der Waals surface area contributed by atoms with E-state index in [2.05, 4.69) is 25.0 Å². The van der Waals surface area contributed by atoms with Gasteiger partial charge in [0.25, 0.3) is 5.91 Å². The summed E-state index contributed by atoms with van der Waals surface area (Å²) in [7, 11) is 1.51. The van der Waals surface area contributed by atoms with Crippen LogP contribution in [-0.2, 0) is 22.6 Å². The summed E-state index contributed by atoms with van der Waals surface area (Å²) in [6.45, 7) is -0.340. The summed E-state index contributed by atoms with van der Waals surface area (Å²) >= 11 is 7.40. The lowest BCUT2D eigenvalue weighted by Gasteiger charge is -2.35. The summed E-state index contributed by atoms with van der Waals surface area (Å²) in [6, 6.07) is 3.39. The van der Waals surface area contributed by atoms with Crippen LogP contribution in [0.25, 0.3) is 11.1 Å². The number of aromatic nitrogens is 3. The first-order chi connectivity index (χ1) is 17.7. The van der Waals surface area contributed by atoms with Gasteiger partial charge in [-0.25, -0.2) is 9.97 Å². The molecule has 0 radical (unpaired) electrons. The summed E-state index contributed by atoms with van der Waals surface area (Å²) in [6.07, 6.45) is 2.99. The average molecular weight is 550 g/mol. The second-order valence-corrected chi connectivity index (χ2v) is 10.3. The molecule has 0 atom stereocenters. The average Bonchev–Trinajstić information content (AvgIpc) is 3.39. The summed E-state index contributed by atoms with van der Waals surface area (Å²) in [4.78, 5) is 41.3. The minimum absolute atomic E-state index is 0.0924. The lowest BCUT2D eigenvalue weighted by molar-refractivity contribution is -0.195. The number of nitrogens with zero attached hydrogens (tertiary/aromatic N) is 4. The lowest BCUT2D eigenvalue weighted by Crippen LogP contribution is -2.43. The second-order valence-electron chi connectivity index (χ2n) is 8.80. The molecule has 3 aromatic rings. The summed E-state index contributed by atoms with van der Waals surface area (Å²) in [5.74, 6) is -0.355. The number of rotatable bonds is 7. The number of carbonyl (C=O) groups excluding carboxylic acids is 2. The molecule has 0 bridgehead atoms. The van der Waals surface area contributed by atoms with Crippen LogP contribution < -0.4 is 10.1 Å². The fourth-order valence-electron chi connectivity index (χ4n) is 4.45. The minimum Gasteiger partial charge on any atom is -0.494 e. The predicted octanol–water partition coefficient (Wildman–Crippen LogP) is 4.68. The third-order valence-electron chi connectivity index (χ3n) is 6.35. The number of thiazole rings is 1. The Bertz CT molecular complexity index is 1340. The van der Waals surface area contributed by atoms with Gasteiger partial charge in [0, 0.05) is 28.9 Å². The Morgan fingerprint density at radius 1 is 1.19 bits per heavy atom. The number of nitrogens with one attached hydrogen (secondary N) is 1. The summed E-state index contributed by atoms with van der Waals surface area (Å²) in [5, 5.41) is 3.49. The zero-order valence-electron chi connectivity index (χ0n) is 19.8. The number of aryl methyl sites for hydroxylation is 1. The lowest BCUT2D eigenvalue weighted by atomic mass is 9.81. The van der Waals surface area contributed by atoms with Gasteiger partial charge in [-0.05, 0) is 31.9 Å². The SMILES string of the molecule is COc1cnc(Cl)cc1-c1cc(C)ncc1C(=O)Nc1nc2c(s1)CN(C(=O)[C@H]1C[C@H](OC(F)F)C1)C2. The molecule has 1 fully saturated rings. The van der Waals surface area contributed by atoms with Crippen molar-refractivity contribution in [3.05, 3.63) is 51.5 Å². The molecular formula is C24H22ClF2N5O4S. The van der Waals surface area contributed by atoms with Crippen molar-refractivity contribution < 1.29 is 27.8 Å². The van der Waals surface area contributed by atoms with Gasteiger partial charge in [0.05, 0.1) is 48.6 Å². The van der Waals surface area contributed by atoms with E-state index >= 15 is 0 Å². The molecule has 4 heterocycles. The number of amides is 2. The van der Waals surface area contributed by atoms with E-state index in [-0.39, 0.29) is 17.0 Å². The van der Waals surface area contributed by atoms with E-state index in [9.17, 15) is 18.4 Å². The molecule has 1 saturated carbocycles. The Balaban J connectivity index is 1.27. The van der Waals surface area contributed by atoms with Crippen molar-refractivity contribution in [1.29, 1.82) is 0 Å². The van der Waals surface area contributed by atoms with Gasteiger partial charge in [0.15, 0.2) is 5.13 Å². The van der Waals surface area contributed by atoms with Crippen molar-refractivity contribution in [2.75, 3.05) is 12.4 Å².